The molecule has 2 unspecified atom stereocenters. The van der Waals surface area contributed by atoms with E-state index in [-0.39, 0.29) is 12.0 Å². The van der Waals surface area contributed by atoms with Gasteiger partial charge in [0.25, 0.3) is 0 Å². The molecule has 0 saturated heterocycles. The van der Waals surface area contributed by atoms with Crippen LogP contribution in [0.5, 0.6) is 0 Å². The number of fused-ring (bicyclic) bond motifs is 2. The molecule has 4 nitrogen and oxygen atoms in total. The topological polar surface area (TPSA) is 52.3 Å². The first-order valence-corrected chi connectivity index (χ1v) is 10.4. The average Bonchev–Trinajstić information content (AvgIpc) is 3.41. The van der Waals surface area contributed by atoms with Crippen molar-refractivity contribution in [3.63, 3.8) is 0 Å². The number of aldehydes is 1. The van der Waals surface area contributed by atoms with Crippen molar-refractivity contribution in [3.05, 3.63) is 39.6 Å². The van der Waals surface area contributed by atoms with Gasteiger partial charge in [-0.05, 0) is 56.1 Å². The zero-order valence-electron chi connectivity index (χ0n) is 14.9. The lowest BCUT2D eigenvalue weighted by Gasteiger charge is -2.49. The number of hydrogen-bond donors (Lipinski definition) is 0. The van der Waals surface area contributed by atoms with E-state index in [9.17, 15) is 4.79 Å². The Morgan fingerprint density at radius 3 is 2.48 bits per heavy atom. The van der Waals surface area contributed by atoms with Crippen molar-refractivity contribution in [1.29, 1.82) is 0 Å². The van der Waals surface area contributed by atoms with Crippen molar-refractivity contribution >= 4 is 29.5 Å². The quantitative estimate of drug-likeness (QED) is 0.582. The SMILES string of the molecule is O=CC1C2CC(OCc3c(-c4c(Cl)cccc4Cl)noc3C3CC3)CC1C2. The highest BCUT2D eigenvalue weighted by Crippen LogP contribution is 2.51. The van der Waals surface area contributed by atoms with Crippen LogP contribution in [0, 0.1) is 17.8 Å². The first-order valence-electron chi connectivity index (χ1n) is 9.65. The van der Waals surface area contributed by atoms with Crippen LogP contribution in [-0.4, -0.2) is 17.5 Å². The van der Waals surface area contributed by atoms with E-state index in [2.05, 4.69) is 5.16 Å². The van der Waals surface area contributed by atoms with Crippen LogP contribution in [-0.2, 0) is 16.1 Å². The van der Waals surface area contributed by atoms with Crippen LogP contribution in [0.25, 0.3) is 11.3 Å². The highest BCUT2D eigenvalue weighted by molar-refractivity contribution is 6.39. The molecule has 4 aliphatic carbocycles. The van der Waals surface area contributed by atoms with Crippen LogP contribution in [0.1, 0.15) is 49.3 Å². The number of rotatable bonds is 6. The summed E-state index contributed by atoms with van der Waals surface area (Å²) in [5, 5.41) is 5.44. The minimum atomic E-state index is 0.196. The van der Waals surface area contributed by atoms with E-state index in [4.69, 9.17) is 32.5 Å². The van der Waals surface area contributed by atoms with Gasteiger partial charge in [0, 0.05) is 23.0 Å². The van der Waals surface area contributed by atoms with Gasteiger partial charge in [-0.25, -0.2) is 0 Å². The highest BCUT2D eigenvalue weighted by atomic mass is 35.5. The third kappa shape index (κ3) is 3.12. The molecule has 2 atom stereocenters. The monoisotopic (exact) mass is 405 g/mol. The predicted molar refractivity (Wildman–Crippen MR) is 103 cm³/mol. The number of carbonyl (C=O) groups is 1. The molecule has 2 bridgehead atoms. The molecule has 27 heavy (non-hydrogen) atoms. The number of ether oxygens (including phenoxy) is 1. The Bertz CT molecular complexity index is 844. The molecule has 0 amide bonds. The molecule has 1 heterocycles. The van der Waals surface area contributed by atoms with Gasteiger partial charge in [-0.2, -0.15) is 0 Å². The number of benzene rings is 1. The number of carbonyl (C=O) groups excluding carboxylic acids is 1. The summed E-state index contributed by atoms with van der Waals surface area (Å²) >= 11 is 12.8. The summed E-state index contributed by atoms with van der Waals surface area (Å²) < 4.78 is 12.0. The van der Waals surface area contributed by atoms with Crippen molar-refractivity contribution in [3.8, 4) is 11.3 Å². The van der Waals surface area contributed by atoms with E-state index in [0.717, 1.165) is 43.3 Å². The minimum Gasteiger partial charge on any atom is -0.373 e. The van der Waals surface area contributed by atoms with E-state index in [1.54, 1.807) is 0 Å². The summed E-state index contributed by atoms with van der Waals surface area (Å²) in [6.07, 6.45) is 6.67. The second-order valence-corrected chi connectivity index (χ2v) is 8.93. The van der Waals surface area contributed by atoms with Gasteiger partial charge in [0.15, 0.2) is 0 Å². The minimum absolute atomic E-state index is 0.196. The second-order valence-electron chi connectivity index (χ2n) is 8.12. The molecule has 1 aromatic heterocycles. The first kappa shape index (κ1) is 17.7. The van der Waals surface area contributed by atoms with Gasteiger partial charge in [-0.3, -0.25) is 0 Å². The molecule has 4 aliphatic rings. The Hall–Kier alpha value is -1.36. The standard InChI is InChI=1S/C21H21Cl2NO3/c22-17-2-1-3-18(23)19(17)20-16(21(27-24-20)11-4-5-11)10-26-14-7-12-6-13(8-14)15(12)9-25/h1-3,9,11-15H,4-8,10H2. The number of aromatic nitrogens is 1. The molecular formula is C21H21Cl2NO3. The molecule has 142 valence electrons. The smallest absolute Gasteiger partial charge is 0.145 e. The number of hydrogen-bond acceptors (Lipinski definition) is 4. The third-order valence-corrected chi connectivity index (χ3v) is 7.04. The van der Waals surface area contributed by atoms with E-state index in [1.165, 1.54) is 6.42 Å². The van der Waals surface area contributed by atoms with Gasteiger partial charge in [0.05, 0.1) is 22.8 Å². The van der Waals surface area contributed by atoms with E-state index in [1.807, 2.05) is 18.2 Å². The maximum atomic E-state index is 11.2. The summed E-state index contributed by atoms with van der Waals surface area (Å²) in [7, 11) is 0. The zero-order chi connectivity index (χ0) is 18.5. The fraction of sp³-hybridized carbons (Fsp3) is 0.524. The summed E-state index contributed by atoms with van der Waals surface area (Å²) in [5.41, 5.74) is 2.38. The van der Waals surface area contributed by atoms with Gasteiger partial charge in [0.1, 0.15) is 17.7 Å². The summed E-state index contributed by atoms with van der Waals surface area (Å²) in [4.78, 5) is 11.2. The first-order chi connectivity index (χ1) is 13.2. The lowest BCUT2D eigenvalue weighted by atomic mass is 9.57. The van der Waals surface area contributed by atoms with E-state index in [0.29, 0.717) is 45.7 Å². The normalized spacial score (nSPS) is 29.4. The van der Waals surface area contributed by atoms with Crippen LogP contribution in [0.2, 0.25) is 10.0 Å². The van der Waals surface area contributed by atoms with Crippen LogP contribution in [0.3, 0.4) is 0 Å². The third-order valence-electron chi connectivity index (χ3n) is 6.41. The molecule has 0 aliphatic heterocycles. The molecule has 0 radical (unpaired) electrons. The van der Waals surface area contributed by atoms with Crippen molar-refractivity contribution in [1.82, 2.24) is 5.16 Å². The van der Waals surface area contributed by atoms with Gasteiger partial charge in [0.2, 0.25) is 0 Å². The van der Waals surface area contributed by atoms with Crippen molar-refractivity contribution < 1.29 is 14.1 Å². The van der Waals surface area contributed by atoms with Crippen molar-refractivity contribution in [2.24, 2.45) is 17.8 Å². The van der Waals surface area contributed by atoms with Crippen LogP contribution in [0.15, 0.2) is 22.7 Å². The van der Waals surface area contributed by atoms with Crippen LogP contribution in [0.4, 0.5) is 0 Å². The number of halogens is 2. The molecule has 4 saturated carbocycles. The molecule has 2 aromatic rings. The zero-order valence-corrected chi connectivity index (χ0v) is 16.4. The van der Waals surface area contributed by atoms with Gasteiger partial charge < -0.3 is 14.1 Å². The predicted octanol–water partition coefficient (Wildman–Crippen LogP) is 5.66. The molecule has 0 N–H and O–H groups in total. The fourth-order valence-corrected chi connectivity index (χ4v) is 5.35. The molecule has 4 fully saturated rings. The average molecular weight is 406 g/mol. The Labute approximate surface area is 168 Å². The summed E-state index contributed by atoms with van der Waals surface area (Å²) in [6, 6.07) is 5.45. The lowest BCUT2D eigenvalue weighted by Crippen LogP contribution is -2.47. The molecule has 1 aromatic carbocycles. The van der Waals surface area contributed by atoms with Crippen LogP contribution >= 0.6 is 23.2 Å². The van der Waals surface area contributed by atoms with Gasteiger partial charge >= 0.3 is 0 Å². The maximum Gasteiger partial charge on any atom is 0.145 e. The van der Waals surface area contributed by atoms with E-state index < -0.39 is 0 Å². The second kappa shape index (κ2) is 6.91. The Morgan fingerprint density at radius 2 is 1.85 bits per heavy atom. The van der Waals surface area contributed by atoms with E-state index >= 15 is 0 Å². The number of nitrogens with zero attached hydrogens (tertiary/aromatic N) is 1. The van der Waals surface area contributed by atoms with Crippen molar-refractivity contribution in [2.45, 2.75) is 50.7 Å². The molecule has 6 heteroatoms. The maximum absolute atomic E-state index is 11.2. The van der Waals surface area contributed by atoms with Gasteiger partial charge in [-0.1, -0.05) is 34.4 Å². The van der Waals surface area contributed by atoms with Gasteiger partial charge in [-0.15, -0.1) is 0 Å². The Kier molecular flexibility index (Phi) is 4.53. The molecule has 0 spiro atoms. The fourth-order valence-electron chi connectivity index (χ4n) is 4.78. The van der Waals surface area contributed by atoms with Crippen molar-refractivity contribution in [2.75, 3.05) is 0 Å². The molecular weight excluding hydrogens is 385 g/mol. The lowest BCUT2D eigenvalue weighted by molar-refractivity contribution is -0.133. The largest absolute Gasteiger partial charge is 0.373 e. The Morgan fingerprint density at radius 1 is 1.15 bits per heavy atom. The molecule has 6 rings (SSSR count). The van der Waals surface area contributed by atoms with Crippen LogP contribution < -0.4 is 0 Å². The summed E-state index contributed by atoms with van der Waals surface area (Å²) in [5.74, 6) is 2.57. The highest BCUT2D eigenvalue weighted by Gasteiger charge is 2.47. The Balaban J connectivity index is 1.39. The summed E-state index contributed by atoms with van der Waals surface area (Å²) in [6.45, 7) is 0.447.